The smallest absolute Gasteiger partial charge is 0.251 e. The zero-order valence-corrected chi connectivity index (χ0v) is 12.0. The summed E-state index contributed by atoms with van der Waals surface area (Å²) in [6.45, 7) is 6.60. The van der Waals surface area contributed by atoms with E-state index < -0.39 is 0 Å². The maximum absolute atomic E-state index is 12.1. The second kappa shape index (κ2) is 7.79. The minimum Gasteiger partial charge on any atom is -0.494 e. The van der Waals surface area contributed by atoms with Crippen LogP contribution >= 0.6 is 0 Å². The summed E-state index contributed by atoms with van der Waals surface area (Å²) < 4.78 is 5.52. The summed E-state index contributed by atoms with van der Waals surface area (Å²) in [5.41, 5.74) is 6.33. The monoisotopic (exact) mass is 264 g/mol. The van der Waals surface area contributed by atoms with Crippen molar-refractivity contribution in [1.82, 2.24) is 5.32 Å². The van der Waals surface area contributed by atoms with Crippen LogP contribution in [-0.2, 0) is 0 Å². The molecule has 2 unspecified atom stereocenters. The van der Waals surface area contributed by atoms with E-state index in [1.165, 1.54) is 0 Å². The Bertz CT molecular complexity index is 405. The predicted octanol–water partition coefficient (Wildman–Crippen LogP) is 2.33. The molecule has 0 aliphatic heterocycles. The molecule has 1 rings (SSSR count). The second-order valence-electron chi connectivity index (χ2n) is 4.96. The first-order valence-corrected chi connectivity index (χ1v) is 6.82. The fourth-order valence-electron chi connectivity index (χ4n) is 1.87. The van der Waals surface area contributed by atoms with E-state index in [0.29, 0.717) is 12.2 Å². The van der Waals surface area contributed by atoms with E-state index in [2.05, 4.69) is 5.32 Å². The molecule has 0 saturated carbocycles. The molecular formula is C15H24N2O2. The Balaban J connectivity index is 2.61. The highest BCUT2D eigenvalue weighted by atomic mass is 16.5. The first kappa shape index (κ1) is 15.5. The lowest BCUT2D eigenvalue weighted by Crippen LogP contribution is -2.36. The van der Waals surface area contributed by atoms with Crippen LogP contribution in [0.3, 0.4) is 0 Å². The summed E-state index contributed by atoms with van der Waals surface area (Å²) in [6, 6.07) is 7.38. The average molecular weight is 264 g/mol. The Hall–Kier alpha value is -1.55. The summed E-state index contributed by atoms with van der Waals surface area (Å²) in [7, 11) is 0. The van der Waals surface area contributed by atoms with E-state index in [9.17, 15) is 4.79 Å². The van der Waals surface area contributed by atoms with Crippen molar-refractivity contribution in [1.29, 1.82) is 0 Å². The van der Waals surface area contributed by atoms with Crippen LogP contribution < -0.4 is 15.8 Å². The predicted molar refractivity (Wildman–Crippen MR) is 77.4 cm³/mol. The van der Waals surface area contributed by atoms with Gasteiger partial charge in [-0.15, -0.1) is 0 Å². The lowest BCUT2D eigenvalue weighted by molar-refractivity contribution is 0.0937. The van der Waals surface area contributed by atoms with Crippen molar-refractivity contribution in [3.05, 3.63) is 29.8 Å². The maximum Gasteiger partial charge on any atom is 0.251 e. The first-order valence-electron chi connectivity index (χ1n) is 6.82. The number of hydrogen-bond donors (Lipinski definition) is 2. The molecule has 0 heterocycles. The van der Waals surface area contributed by atoms with Gasteiger partial charge in [-0.2, -0.15) is 0 Å². The Morgan fingerprint density at radius 1 is 1.42 bits per heavy atom. The second-order valence-corrected chi connectivity index (χ2v) is 4.96. The van der Waals surface area contributed by atoms with Crippen molar-refractivity contribution in [3.8, 4) is 5.75 Å². The van der Waals surface area contributed by atoms with Gasteiger partial charge in [0.05, 0.1) is 6.61 Å². The van der Waals surface area contributed by atoms with Crippen molar-refractivity contribution >= 4 is 5.91 Å². The number of hydrogen-bond acceptors (Lipinski definition) is 3. The van der Waals surface area contributed by atoms with E-state index in [0.717, 1.165) is 18.6 Å². The molecule has 0 aliphatic rings. The van der Waals surface area contributed by atoms with Gasteiger partial charge < -0.3 is 15.8 Å². The molecule has 3 N–H and O–H groups in total. The van der Waals surface area contributed by atoms with Crippen LogP contribution in [0.25, 0.3) is 0 Å². The van der Waals surface area contributed by atoms with E-state index in [1.807, 2.05) is 32.9 Å². The van der Waals surface area contributed by atoms with Crippen LogP contribution in [-0.4, -0.2) is 24.6 Å². The first-order chi connectivity index (χ1) is 9.02. The van der Waals surface area contributed by atoms with Crippen molar-refractivity contribution in [2.75, 3.05) is 6.61 Å². The zero-order valence-electron chi connectivity index (χ0n) is 12.0. The Kier molecular flexibility index (Phi) is 6.36. The van der Waals surface area contributed by atoms with Crippen molar-refractivity contribution in [3.63, 3.8) is 0 Å². The standard InChI is InChI=1S/C15H24N2O2/c1-4-8-19-14-7-5-6-13(10-14)15(18)17-12(3)9-11(2)16/h5-7,10-12H,4,8-9,16H2,1-3H3,(H,17,18). The summed E-state index contributed by atoms with van der Waals surface area (Å²) in [4.78, 5) is 12.1. The Morgan fingerprint density at radius 2 is 2.16 bits per heavy atom. The molecule has 0 aromatic heterocycles. The third kappa shape index (κ3) is 5.75. The molecule has 4 heteroatoms. The van der Waals surface area contributed by atoms with Crippen molar-refractivity contribution in [2.24, 2.45) is 5.73 Å². The summed E-state index contributed by atoms with van der Waals surface area (Å²) in [6.07, 6.45) is 1.71. The van der Waals surface area contributed by atoms with Crippen LogP contribution in [0.4, 0.5) is 0 Å². The molecule has 1 aromatic carbocycles. The van der Waals surface area contributed by atoms with E-state index in [-0.39, 0.29) is 18.0 Å². The van der Waals surface area contributed by atoms with E-state index in [4.69, 9.17) is 10.5 Å². The van der Waals surface area contributed by atoms with Gasteiger partial charge in [0, 0.05) is 17.6 Å². The van der Waals surface area contributed by atoms with E-state index >= 15 is 0 Å². The van der Waals surface area contributed by atoms with Crippen LogP contribution in [0.5, 0.6) is 5.75 Å². The number of amides is 1. The summed E-state index contributed by atoms with van der Waals surface area (Å²) in [5.74, 6) is 0.643. The number of nitrogens with two attached hydrogens (primary N) is 1. The molecule has 106 valence electrons. The number of nitrogens with one attached hydrogen (secondary N) is 1. The fraction of sp³-hybridized carbons (Fsp3) is 0.533. The molecule has 2 atom stereocenters. The summed E-state index contributed by atoms with van der Waals surface area (Å²) >= 11 is 0. The highest BCUT2D eigenvalue weighted by Crippen LogP contribution is 2.13. The Labute approximate surface area is 115 Å². The molecule has 0 radical (unpaired) electrons. The van der Waals surface area contributed by atoms with Gasteiger partial charge in [0.15, 0.2) is 0 Å². The van der Waals surface area contributed by atoms with E-state index in [1.54, 1.807) is 12.1 Å². The van der Waals surface area contributed by atoms with Crippen LogP contribution in [0.15, 0.2) is 24.3 Å². The molecule has 19 heavy (non-hydrogen) atoms. The Morgan fingerprint density at radius 3 is 2.79 bits per heavy atom. The maximum atomic E-state index is 12.1. The van der Waals surface area contributed by atoms with Crippen molar-refractivity contribution in [2.45, 2.75) is 45.7 Å². The van der Waals surface area contributed by atoms with Gasteiger partial charge in [0.1, 0.15) is 5.75 Å². The molecule has 0 spiro atoms. The minimum atomic E-state index is -0.0879. The molecule has 0 saturated heterocycles. The number of carbonyl (C=O) groups excluding carboxylic acids is 1. The van der Waals surface area contributed by atoms with Gasteiger partial charge in [-0.3, -0.25) is 4.79 Å². The molecule has 4 nitrogen and oxygen atoms in total. The number of benzene rings is 1. The molecule has 0 fully saturated rings. The summed E-state index contributed by atoms with van der Waals surface area (Å²) in [5, 5.41) is 2.94. The topological polar surface area (TPSA) is 64.3 Å². The average Bonchev–Trinajstić information content (AvgIpc) is 2.35. The van der Waals surface area contributed by atoms with Crippen LogP contribution in [0.1, 0.15) is 44.0 Å². The fourth-order valence-corrected chi connectivity index (χ4v) is 1.87. The highest BCUT2D eigenvalue weighted by Gasteiger charge is 2.11. The van der Waals surface area contributed by atoms with Crippen LogP contribution in [0.2, 0.25) is 0 Å². The SMILES string of the molecule is CCCOc1cccc(C(=O)NC(C)CC(C)N)c1. The largest absolute Gasteiger partial charge is 0.494 e. The molecule has 0 bridgehead atoms. The third-order valence-electron chi connectivity index (χ3n) is 2.67. The molecule has 1 aromatic rings. The number of carbonyl (C=O) groups is 1. The quantitative estimate of drug-likeness (QED) is 0.794. The normalized spacial score (nSPS) is 13.7. The van der Waals surface area contributed by atoms with Gasteiger partial charge >= 0.3 is 0 Å². The molecule has 0 aliphatic carbocycles. The zero-order chi connectivity index (χ0) is 14.3. The van der Waals surface area contributed by atoms with Gasteiger partial charge in [0.25, 0.3) is 5.91 Å². The van der Waals surface area contributed by atoms with Gasteiger partial charge in [-0.05, 0) is 44.9 Å². The van der Waals surface area contributed by atoms with Gasteiger partial charge in [0.2, 0.25) is 0 Å². The third-order valence-corrected chi connectivity index (χ3v) is 2.67. The highest BCUT2D eigenvalue weighted by molar-refractivity contribution is 5.94. The van der Waals surface area contributed by atoms with Gasteiger partial charge in [-0.25, -0.2) is 0 Å². The number of rotatable bonds is 7. The molecular weight excluding hydrogens is 240 g/mol. The van der Waals surface area contributed by atoms with Crippen LogP contribution in [0, 0.1) is 0 Å². The minimum absolute atomic E-state index is 0.0627. The van der Waals surface area contributed by atoms with Gasteiger partial charge in [-0.1, -0.05) is 13.0 Å². The lowest BCUT2D eigenvalue weighted by atomic mass is 10.1. The molecule has 1 amide bonds. The lowest BCUT2D eigenvalue weighted by Gasteiger charge is -2.16. The van der Waals surface area contributed by atoms with Crippen molar-refractivity contribution < 1.29 is 9.53 Å². The number of ether oxygens (including phenoxy) is 1.